The van der Waals surface area contributed by atoms with Crippen molar-refractivity contribution in [1.82, 2.24) is 40.6 Å². The van der Waals surface area contributed by atoms with Gasteiger partial charge in [0.1, 0.15) is 12.2 Å². The SMILES string of the molecule is CCCCN(Cc1ccc(-c2ccccc2-c2nnn[nH]2)cc1)c1ncnc2[nH]c(C)nc12. The van der Waals surface area contributed by atoms with E-state index in [1.54, 1.807) is 6.33 Å². The first kappa shape index (κ1) is 20.7. The third-order valence-corrected chi connectivity index (χ3v) is 5.63. The normalized spacial score (nSPS) is 11.2. The molecule has 0 aliphatic carbocycles. The highest BCUT2D eigenvalue weighted by atomic mass is 15.5. The molecular formula is C24H25N9. The molecule has 9 heteroatoms. The number of benzene rings is 2. The van der Waals surface area contributed by atoms with Crippen molar-refractivity contribution in [2.45, 2.75) is 33.2 Å². The maximum atomic E-state index is 4.63. The van der Waals surface area contributed by atoms with Crippen LogP contribution in [0.3, 0.4) is 0 Å². The highest BCUT2D eigenvalue weighted by Crippen LogP contribution is 2.30. The number of aryl methyl sites for hydroxylation is 1. The summed E-state index contributed by atoms with van der Waals surface area (Å²) in [5, 5.41) is 14.4. The van der Waals surface area contributed by atoms with Gasteiger partial charge in [0.15, 0.2) is 22.8 Å². The zero-order chi connectivity index (χ0) is 22.6. The molecule has 2 aromatic carbocycles. The summed E-state index contributed by atoms with van der Waals surface area (Å²) in [7, 11) is 0. The molecule has 0 radical (unpaired) electrons. The number of fused-ring (bicyclic) bond motifs is 1. The Morgan fingerprint density at radius 1 is 0.970 bits per heavy atom. The molecule has 3 aromatic heterocycles. The minimum atomic E-state index is 0.655. The molecule has 0 saturated carbocycles. The summed E-state index contributed by atoms with van der Waals surface area (Å²) >= 11 is 0. The lowest BCUT2D eigenvalue weighted by atomic mass is 9.98. The van der Waals surface area contributed by atoms with Crippen molar-refractivity contribution in [3.8, 4) is 22.5 Å². The van der Waals surface area contributed by atoms with E-state index in [4.69, 9.17) is 0 Å². The van der Waals surface area contributed by atoms with Crippen molar-refractivity contribution >= 4 is 17.0 Å². The van der Waals surface area contributed by atoms with Gasteiger partial charge in [-0.25, -0.2) is 20.1 Å². The Hall–Kier alpha value is -4.14. The van der Waals surface area contributed by atoms with Crippen LogP contribution in [0.2, 0.25) is 0 Å². The zero-order valence-corrected chi connectivity index (χ0v) is 18.7. The third-order valence-electron chi connectivity index (χ3n) is 5.63. The van der Waals surface area contributed by atoms with Gasteiger partial charge >= 0.3 is 0 Å². The number of tetrazole rings is 1. The Morgan fingerprint density at radius 3 is 2.55 bits per heavy atom. The molecule has 9 nitrogen and oxygen atoms in total. The van der Waals surface area contributed by atoms with Crippen LogP contribution in [0.15, 0.2) is 54.9 Å². The summed E-state index contributed by atoms with van der Waals surface area (Å²) in [6.07, 6.45) is 3.79. The molecule has 3 heterocycles. The molecule has 5 aromatic rings. The summed E-state index contributed by atoms with van der Waals surface area (Å²) < 4.78 is 0. The van der Waals surface area contributed by atoms with Gasteiger partial charge in [-0.15, -0.1) is 5.10 Å². The van der Waals surface area contributed by atoms with Crippen molar-refractivity contribution < 1.29 is 0 Å². The maximum Gasteiger partial charge on any atom is 0.180 e. The van der Waals surface area contributed by atoms with Crippen LogP contribution in [0.4, 0.5) is 5.82 Å². The molecule has 2 N–H and O–H groups in total. The Balaban J connectivity index is 1.44. The zero-order valence-electron chi connectivity index (χ0n) is 18.7. The highest BCUT2D eigenvalue weighted by molar-refractivity contribution is 5.83. The van der Waals surface area contributed by atoms with Crippen LogP contribution in [0.5, 0.6) is 0 Å². The van der Waals surface area contributed by atoms with E-state index in [9.17, 15) is 0 Å². The van der Waals surface area contributed by atoms with Crippen molar-refractivity contribution in [3.05, 3.63) is 66.2 Å². The van der Waals surface area contributed by atoms with E-state index < -0.39 is 0 Å². The molecule has 33 heavy (non-hydrogen) atoms. The van der Waals surface area contributed by atoms with Crippen LogP contribution >= 0.6 is 0 Å². The number of imidazole rings is 1. The lowest BCUT2D eigenvalue weighted by Crippen LogP contribution is -2.25. The summed E-state index contributed by atoms with van der Waals surface area (Å²) in [4.78, 5) is 19.0. The van der Waals surface area contributed by atoms with Crippen molar-refractivity contribution in [1.29, 1.82) is 0 Å². The van der Waals surface area contributed by atoms with E-state index >= 15 is 0 Å². The second-order valence-electron chi connectivity index (χ2n) is 7.98. The van der Waals surface area contributed by atoms with Crippen LogP contribution in [0.25, 0.3) is 33.7 Å². The monoisotopic (exact) mass is 439 g/mol. The molecule has 0 unspecified atom stereocenters. The average molecular weight is 440 g/mol. The second kappa shape index (κ2) is 9.15. The quantitative estimate of drug-likeness (QED) is 0.370. The molecule has 0 fully saturated rings. The maximum absolute atomic E-state index is 4.63. The van der Waals surface area contributed by atoms with Crippen molar-refractivity contribution in [2.75, 3.05) is 11.4 Å². The van der Waals surface area contributed by atoms with Crippen molar-refractivity contribution in [2.24, 2.45) is 0 Å². The van der Waals surface area contributed by atoms with E-state index in [1.165, 1.54) is 5.56 Å². The lowest BCUT2D eigenvalue weighted by Gasteiger charge is -2.24. The van der Waals surface area contributed by atoms with Gasteiger partial charge < -0.3 is 9.88 Å². The van der Waals surface area contributed by atoms with Crippen LogP contribution in [0.1, 0.15) is 31.2 Å². The van der Waals surface area contributed by atoms with Crippen molar-refractivity contribution in [3.63, 3.8) is 0 Å². The van der Waals surface area contributed by atoms with Gasteiger partial charge in [-0.2, -0.15) is 0 Å². The average Bonchev–Trinajstić information content (AvgIpc) is 3.51. The number of H-pyrrole nitrogens is 2. The Morgan fingerprint density at radius 2 is 1.79 bits per heavy atom. The number of aromatic nitrogens is 8. The first-order chi connectivity index (χ1) is 16.2. The van der Waals surface area contributed by atoms with Gasteiger partial charge in [0, 0.05) is 18.7 Å². The smallest absolute Gasteiger partial charge is 0.180 e. The summed E-state index contributed by atoms with van der Waals surface area (Å²) in [6.45, 7) is 5.78. The minimum Gasteiger partial charge on any atom is -0.350 e. The molecule has 0 bridgehead atoms. The van der Waals surface area contributed by atoms with E-state index in [-0.39, 0.29) is 0 Å². The molecule has 5 rings (SSSR count). The van der Waals surface area contributed by atoms with Crippen LogP contribution < -0.4 is 4.90 Å². The highest BCUT2D eigenvalue weighted by Gasteiger charge is 2.16. The standard InChI is InChI=1S/C24H25N9/c1-3-4-13-33(24-21-23(25-15-26-24)28-16(2)27-21)14-17-9-11-18(12-10-17)19-7-5-6-8-20(19)22-29-31-32-30-22/h5-12,15H,3-4,13-14H2,1-2H3,(H,25,26,27,28)(H,29,30,31,32). The molecule has 0 aliphatic heterocycles. The predicted molar refractivity (Wildman–Crippen MR) is 127 cm³/mol. The molecule has 166 valence electrons. The second-order valence-corrected chi connectivity index (χ2v) is 7.98. The van der Waals surface area contributed by atoms with E-state index in [0.717, 1.165) is 65.4 Å². The number of nitrogens with one attached hydrogen (secondary N) is 2. The van der Waals surface area contributed by atoms with Crippen LogP contribution in [-0.4, -0.2) is 47.1 Å². The lowest BCUT2D eigenvalue weighted by molar-refractivity contribution is 0.709. The number of unbranched alkanes of at least 4 members (excludes halogenated alkanes) is 1. The van der Waals surface area contributed by atoms with Crippen LogP contribution in [0, 0.1) is 6.92 Å². The molecule has 0 amide bonds. The summed E-state index contributed by atoms with van der Waals surface area (Å²) in [6, 6.07) is 16.7. The summed E-state index contributed by atoms with van der Waals surface area (Å²) in [5.41, 5.74) is 5.95. The van der Waals surface area contributed by atoms with E-state index in [0.29, 0.717) is 5.82 Å². The Labute approximate surface area is 191 Å². The number of hydrogen-bond acceptors (Lipinski definition) is 7. The first-order valence-electron chi connectivity index (χ1n) is 11.1. The Kier molecular flexibility index (Phi) is 5.75. The van der Waals surface area contributed by atoms with Crippen LogP contribution in [-0.2, 0) is 6.54 Å². The fraction of sp³-hybridized carbons (Fsp3) is 0.250. The molecular weight excluding hydrogens is 414 g/mol. The largest absolute Gasteiger partial charge is 0.350 e. The predicted octanol–water partition coefficient (Wildman–Crippen LogP) is 4.32. The van der Waals surface area contributed by atoms with Gasteiger partial charge in [0.2, 0.25) is 0 Å². The fourth-order valence-electron chi connectivity index (χ4n) is 4.00. The number of anilines is 1. The fourth-order valence-corrected chi connectivity index (χ4v) is 4.00. The van der Waals surface area contributed by atoms with Gasteiger partial charge in [-0.05, 0) is 40.5 Å². The Bertz CT molecular complexity index is 1340. The number of hydrogen-bond donors (Lipinski definition) is 2. The molecule has 0 atom stereocenters. The number of nitrogens with zero attached hydrogens (tertiary/aromatic N) is 7. The molecule has 0 spiro atoms. The van der Waals surface area contributed by atoms with Gasteiger partial charge in [0.25, 0.3) is 0 Å². The van der Waals surface area contributed by atoms with E-state index in [2.05, 4.69) is 82.7 Å². The summed E-state index contributed by atoms with van der Waals surface area (Å²) in [5.74, 6) is 2.36. The number of rotatable bonds is 8. The minimum absolute atomic E-state index is 0.655. The van der Waals surface area contributed by atoms with E-state index in [1.807, 2.05) is 25.1 Å². The molecule has 0 saturated heterocycles. The third kappa shape index (κ3) is 4.30. The first-order valence-corrected chi connectivity index (χ1v) is 11.1. The molecule has 0 aliphatic rings. The van der Waals surface area contributed by atoms with Gasteiger partial charge in [0.05, 0.1) is 0 Å². The number of aromatic amines is 2. The van der Waals surface area contributed by atoms with Gasteiger partial charge in [-0.3, -0.25) is 0 Å². The van der Waals surface area contributed by atoms with Gasteiger partial charge in [-0.1, -0.05) is 61.9 Å². The topological polar surface area (TPSA) is 112 Å².